The van der Waals surface area contributed by atoms with Crippen LogP contribution in [0.25, 0.3) is 0 Å². The molecule has 0 bridgehead atoms. The maximum Gasteiger partial charge on any atom is 0.323 e. The molecule has 0 heterocycles. The highest BCUT2D eigenvalue weighted by Gasteiger charge is 2.31. The van der Waals surface area contributed by atoms with Crippen LogP contribution in [0.1, 0.15) is 52.9 Å². The van der Waals surface area contributed by atoms with Gasteiger partial charge in [0.15, 0.2) is 0 Å². The molecule has 1 fully saturated rings. The number of hydrogen-bond acceptors (Lipinski definition) is 2. The third-order valence-corrected chi connectivity index (χ3v) is 3.46. The molecule has 2 N–H and O–H groups in total. The van der Waals surface area contributed by atoms with Gasteiger partial charge < -0.3 is 5.11 Å². The van der Waals surface area contributed by atoms with Crippen molar-refractivity contribution in [2.75, 3.05) is 0 Å². The number of carbonyl (C=O) groups is 1. The molecule has 1 rings (SSSR count). The van der Waals surface area contributed by atoms with E-state index < -0.39 is 11.5 Å². The Morgan fingerprint density at radius 3 is 2.67 bits per heavy atom. The van der Waals surface area contributed by atoms with Crippen molar-refractivity contribution >= 4 is 5.97 Å². The van der Waals surface area contributed by atoms with Crippen molar-refractivity contribution in [3.63, 3.8) is 0 Å². The molecule has 0 amide bonds. The first-order valence-corrected chi connectivity index (χ1v) is 5.96. The molecule has 1 aliphatic carbocycles. The number of carboxylic acid groups (broad SMARTS) is 1. The summed E-state index contributed by atoms with van der Waals surface area (Å²) in [6.07, 6.45) is 6.00. The Labute approximate surface area is 92.3 Å². The van der Waals surface area contributed by atoms with Crippen LogP contribution in [0.3, 0.4) is 0 Å². The molecule has 15 heavy (non-hydrogen) atoms. The van der Waals surface area contributed by atoms with Crippen LogP contribution in [-0.2, 0) is 4.79 Å². The van der Waals surface area contributed by atoms with Gasteiger partial charge in [0.05, 0.1) is 0 Å². The topological polar surface area (TPSA) is 49.3 Å². The molecule has 0 aromatic heterocycles. The highest BCUT2D eigenvalue weighted by atomic mass is 16.4. The summed E-state index contributed by atoms with van der Waals surface area (Å²) in [6.45, 7) is 5.70. The molecule has 2 atom stereocenters. The number of aliphatic carboxylic acids is 1. The van der Waals surface area contributed by atoms with E-state index in [0.29, 0.717) is 6.04 Å². The van der Waals surface area contributed by atoms with E-state index in [1.807, 2.05) is 0 Å². The third-order valence-electron chi connectivity index (χ3n) is 3.46. The van der Waals surface area contributed by atoms with E-state index in [1.165, 1.54) is 19.3 Å². The summed E-state index contributed by atoms with van der Waals surface area (Å²) in [5.74, 6) is 0.0157. The zero-order valence-corrected chi connectivity index (χ0v) is 10.0. The Morgan fingerprint density at radius 1 is 1.47 bits per heavy atom. The maximum absolute atomic E-state index is 11.0. The zero-order valence-electron chi connectivity index (χ0n) is 10.0. The number of carboxylic acids is 1. The summed E-state index contributed by atoms with van der Waals surface area (Å²) in [7, 11) is 0. The average Bonchev–Trinajstić information content (AvgIpc) is 2.17. The maximum atomic E-state index is 11.0. The van der Waals surface area contributed by atoms with Gasteiger partial charge in [0, 0.05) is 6.04 Å². The lowest BCUT2D eigenvalue weighted by Gasteiger charge is -2.34. The van der Waals surface area contributed by atoms with Gasteiger partial charge in [0.2, 0.25) is 0 Å². The molecule has 0 spiro atoms. The minimum atomic E-state index is -0.791. The van der Waals surface area contributed by atoms with E-state index in [4.69, 9.17) is 5.11 Å². The fraction of sp³-hybridized carbons (Fsp3) is 0.917. The molecular weight excluding hydrogens is 190 g/mol. The highest BCUT2D eigenvalue weighted by molar-refractivity contribution is 5.77. The van der Waals surface area contributed by atoms with Crippen LogP contribution in [0, 0.1) is 5.92 Å². The molecule has 0 saturated heterocycles. The second-order valence-corrected chi connectivity index (χ2v) is 5.21. The van der Waals surface area contributed by atoms with Crippen molar-refractivity contribution in [2.24, 2.45) is 5.92 Å². The number of hydrogen-bond donors (Lipinski definition) is 2. The molecule has 0 radical (unpaired) electrons. The quantitative estimate of drug-likeness (QED) is 0.754. The summed E-state index contributed by atoms with van der Waals surface area (Å²) in [5, 5.41) is 12.3. The summed E-state index contributed by atoms with van der Waals surface area (Å²) in [4.78, 5) is 11.0. The molecule has 2 unspecified atom stereocenters. The predicted octanol–water partition coefficient (Wildman–Crippen LogP) is 2.41. The minimum Gasteiger partial charge on any atom is -0.480 e. The van der Waals surface area contributed by atoms with E-state index in [0.717, 1.165) is 18.8 Å². The lowest BCUT2D eigenvalue weighted by atomic mass is 9.83. The van der Waals surface area contributed by atoms with Crippen LogP contribution in [-0.4, -0.2) is 22.7 Å². The molecule has 0 aromatic rings. The highest BCUT2D eigenvalue weighted by Crippen LogP contribution is 2.27. The molecule has 3 heteroatoms. The molecule has 1 aliphatic rings. The first-order chi connectivity index (χ1) is 6.95. The lowest BCUT2D eigenvalue weighted by Crippen LogP contribution is -2.52. The van der Waals surface area contributed by atoms with Gasteiger partial charge in [-0.15, -0.1) is 0 Å². The monoisotopic (exact) mass is 213 g/mol. The third kappa shape index (κ3) is 3.49. The molecule has 0 aliphatic heterocycles. The van der Waals surface area contributed by atoms with Crippen molar-refractivity contribution < 1.29 is 9.90 Å². The fourth-order valence-corrected chi connectivity index (χ4v) is 2.36. The minimum absolute atomic E-state index is 0.384. The van der Waals surface area contributed by atoms with E-state index in [9.17, 15) is 4.79 Å². The Bertz CT molecular complexity index is 226. The Morgan fingerprint density at radius 2 is 2.13 bits per heavy atom. The first-order valence-electron chi connectivity index (χ1n) is 5.96. The first kappa shape index (κ1) is 12.5. The number of nitrogens with one attached hydrogen (secondary N) is 1. The van der Waals surface area contributed by atoms with Crippen LogP contribution in [0.4, 0.5) is 0 Å². The number of rotatable bonds is 4. The van der Waals surface area contributed by atoms with Gasteiger partial charge >= 0.3 is 5.97 Å². The molecule has 3 nitrogen and oxygen atoms in total. The molecule has 1 saturated carbocycles. The molecule has 88 valence electrons. The van der Waals surface area contributed by atoms with Gasteiger partial charge in [-0.25, -0.2) is 0 Å². The second kappa shape index (κ2) is 4.97. The van der Waals surface area contributed by atoms with Crippen molar-refractivity contribution in [2.45, 2.75) is 64.5 Å². The predicted molar refractivity (Wildman–Crippen MR) is 60.9 cm³/mol. The SMILES string of the molecule is CCC1CCCC(NC(C)(C)C(=O)O)C1. The molecule has 0 aromatic carbocycles. The normalized spacial score (nSPS) is 27.7. The van der Waals surface area contributed by atoms with E-state index in [1.54, 1.807) is 13.8 Å². The summed E-state index contributed by atoms with van der Waals surface area (Å²) in [6, 6.07) is 0.384. The van der Waals surface area contributed by atoms with Crippen LogP contribution in [0.5, 0.6) is 0 Å². The smallest absolute Gasteiger partial charge is 0.323 e. The van der Waals surface area contributed by atoms with Gasteiger partial charge in [0.25, 0.3) is 0 Å². The van der Waals surface area contributed by atoms with Crippen molar-refractivity contribution in [3.05, 3.63) is 0 Å². The second-order valence-electron chi connectivity index (χ2n) is 5.21. The van der Waals surface area contributed by atoms with Crippen molar-refractivity contribution in [1.82, 2.24) is 5.32 Å². The standard InChI is InChI=1S/C12H23NO2/c1-4-9-6-5-7-10(8-9)13-12(2,3)11(14)15/h9-10,13H,4-8H2,1-3H3,(H,14,15). The summed E-state index contributed by atoms with van der Waals surface area (Å²) < 4.78 is 0. The fourth-order valence-electron chi connectivity index (χ4n) is 2.36. The molecular formula is C12H23NO2. The van der Waals surface area contributed by atoms with Gasteiger partial charge in [-0.3, -0.25) is 10.1 Å². The Balaban J connectivity index is 2.47. The van der Waals surface area contributed by atoms with Crippen LogP contribution in [0.15, 0.2) is 0 Å². The largest absolute Gasteiger partial charge is 0.480 e. The average molecular weight is 213 g/mol. The van der Waals surface area contributed by atoms with Crippen molar-refractivity contribution in [1.29, 1.82) is 0 Å². The van der Waals surface area contributed by atoms with Gasteiger partial charge in [0.1, 0.15) is 5.54 Å². The van der Waals surface area contributed by atoms with Crippen molar-refractivity contribution in [3.8, 4) is 0 Å². The Kier molecular flexibility index (Phi) is 4.14. The van der Waals surface area contributed by atoms with E-state index in [-0.39, 0.29) is 0 Å². The lowest BCUT2D eigenvalue weighted by molar-refractivity contribution is -0.143. The summed E-state index contributed by atoms with van der Waals surface area (Å²) in [5.41, 5.74) is -0.791. The van der Waals surface area contributed by atoms with E-state index in [2.05, 4.69) is 12.2 Å². The van der Waals surface area contributed by atoms with Crippen LogP contribution < -0.4 is 5.32 Å². The Hall–Kier alpha value is -0.570. The van der Waals surface area contributed by atoms with Crippen LogP contribution in [0.2, 0.25) is 0 Å². The van der Waals surface area contributed by atoms with Gasteiger partial charge in [-0.05, 0) is 32.6 Å². The van der Waals surface area contributed by atoms with Gasteiger partial charge in [-0.1, -0.05) is 26.2 Å². The van der Waals surface area contributed by atoms with E-state index >= 15 is 0 Å². The van der Waals surface area contributed by atoms with Gasteiger partial charge in [-0.2, -0.15) is 0 Å². The van der Waals surface area contributed by atoms with Crippen LogP contribution >= 0.6 is 0 Å². The summed E-state index contributed by atoms with van der Waals surface area (Å²) >= 11 is 0. The zero-order chi connectivity index (χ0) is 11.5.